The zero-order valence-corrected chi connectivity index (χ0v) is 17.3. The number of aryl methyl sites for hydroxylation is 1. The van der Waals surface area contributed by atoms with Crippen molar-refractivity contribution in [2.45, 2.75) is 13.1 Å². The topological polar surface area (TPSA) is 70.7 Å². The number of rotatable bonds is 9. The fraction of sp³-hybridized carbons (Fsp3) is 0.217. The van der Waals surface area contributed by atoms with Gasteiger partial charge in [0.05, 0.1) is 19.4 Å². The highest BCUT2D eigenvalue weighted by Crippen LogP contribution is 2.13. The van der Waals surface area contributed by atoms with E-state index < -0.39 is 11.8 Å². The van der Waals surface area contributed by atoms with Gasteiger partial charge in [-0.25, -0.2) is 9.18 Å². The van der Waals surface area contributed by atoms with Gasteiger partial charge in [0.1, 0.15) is 18.1 Å². The Labute approximate surface area is 180 Å². The van der Waals surface area contributed by atoms with Gasteiger partial charge in [0.25, 0.3) is 0 Å². The molecule has 3 amide bonds. The fourth-order valence-electron chi connectivity index (χ4n) is 3.09. The molecule has 0 saturated heterocycles. The van der Waals surface area contributed by atoms with E-state index in [-0.39, 0.29) is 25.5 Å². The molecule has 1 aromatic carbocycles. The maximum Gasteiger partial charge on any atom is 0.322 e. The van der Waals surface area contributed by atoms with Gasteiger partial charge in [-0.3, -0.25) is 4.79 Å². The van der Waals surface area contributed by atoms with Crippen LogP contribution in [-0.2, 0) is 24.9 Å². The van der Waals surface area contributed by atoms with E-state index in [2.05, 4.69) is 11.9 Å². The number of hydrogen-bond acceptors (Lipinski definition) is 3. The standard InChI is InChI=1S/C23H25FN4O3/c1-3-11-27(23(30)25-19-8-4-7-18(24)14-19)17-22(29)28(16-21-10-6-13-31-21)15-20-9-5-12-26(20)2/h3-10,12-14H,1,11,15-17H2,2H3,(H,25,30). The van der Waals surface area contributed by atoms with Crippen LogP contribution in [0.4, 0.5) is 14.9 Å². The second-order valence-electron chi connectivity index (χ2n) is 7.05. The molecular formula is C23H25FN4O3. The molecule has 8 heteroatoms. The van der Waals surface area contributed by atoms with E-state index in [9.17, 15) is 14.0 Å². The number of benzene rings is 1. The molecule has 7 nitrogen and oxygen atoms in total. The normalized spacial score (nSPS) is 10.5. The Hall–Kier alpha value is -3.81. The number of carbonyl (C=O) groups excluding carboxylic acids is 2. The van der Waals surface area contributed by atoms with Crippen molar-refractivity contribution in [1.82, 2.24) is 14.4 Å². The minimum Gasteiger partial charge on any atom is -0.467 e. The number of amides is 3. The Morgan fingerprint density at radius 3 is 2.65 bits per heavy atom. The molecule has 0 fully saturated rings. The van der Waals surface area contributed by atoms with Crippen molar-refractivity contribution in [3.05, 3.63) is 90.9 Å². The quantitative estimate of drug-likeness (QED) is 0.528. The van der Waals surface area contributed by atoms with Gasteiger partial charge in [-0.1, -0.05) is 12.1 Å². The first kappa shape index (κ1) is 21.9. The van der Waals surface area contributed by atoms with Crippen molar-refractivity contribution in [3.8, 4) is 0 Å². The van der Waals surface area contributed by atoms with E-state index in [1.54, 1.807) is 29.4 Å². The number of carbonyl (C=O) groups is 2. The molecule has 3 rings (SSSR count). The summed E-state index contributed by atoms with van der Waals surface area (Å²) in [5.41, 5.74) is 1.25. The van der Waals surface area contributed by atoms with E-state index in [1.807, 2.05) is 29.9 Å². The highest BCUT2D eigenvalue weighted by atomic mass is 19.1. The molecule has 0 unspecified atom stereocenters. The molecule has 0 aliphatic rings. The van der Waals surface area contributed by atoms with E-state index in [4.69, 9.17) is 4.42 Å². The smallest absolute Gasteiger partial charge is 0.322 e. The molecular weight excluding hydrogens is 399 g/mol. The molecule has 0 aliphatic carbocycles. The highest BCUT2D eigenvalue weighted by Gasteiger charge is 2.22. The second kappa shape index (κ2) is 10.3. The van der Waals surface area contributed by atoms with Crippen LogP contribution in [0, 0.1) is 5.82 Å². The van der Waals surface area contributed by atoms with Gasteiger partial charge in [0.2, 0.25) is 5.91 Å². The third-order valence-corrected chi connectivity index (χ3v) is 4.72. The van der Waals surface area contributed by atoms with Crippen molar-refractivity contribution in [2.24, 2.45) is 7.05 Å². The molecule has 3 aromatic rings. The van der Waals surface area contributed by atoms with Gasteiger partial charge in [-0.2, -0.15) is 0 Å². The first-order valence-electron chi connectivity index (χ1n) is 9.79. The van der Waals surface area contributed by atoms with Crippen LogP contribution >= 0.6 is 0 Å². The number of nitrogens with zero attached hydrogens (tertiary/aromatic N) is 3. The third-order valence-electron chi connectivity index (χ3n) is 4.72. The van der Waals surface area contributed by atoms with Gasteiger partial charge < -0.3 is 24.1 Å². The molecule has 0 bridgehead atoms. The maximum atomic E-state index is 13.4. The van der Waals surface area contributed by atoms with Crippen molar-refractivity contribution >= 4 is 17.6 Å². The Balaban J connectivity index is 1.73. The summed E-state index contributed by atoms with van der Waals surface area (Å²) in [6.45, 7) is 4.28. The third kappa shape index (κ3) is 6.08. The zero-order valence-electron chi connectivity index (χ0n) is 17.3. The SMILES string of the molecule is C=CCN(CC(=O)N(Cc1ccco1)Cc1cccn1C)C(=O)Nc1cccc(F)c1. The lowest BCUT2D eigenvalue weighted by molar-refractivity contribution is -0.133. The van der Waals surface area contributed by atoms with Gasteiger partial charge in [-0.05, 0) is 42.5 Å². The first-order valence-corrected chi connectivity index (χ1v) is 9.79. The lowest BCUT2D eigenvalue weighted by Crippen LogP contribution is -2.44. The van der Waals surface area contributed by atoms with Crippen LogP contribution in [0.3, 0.4) is 0 Å². The van der Waals surface area contributed by atoms with Crippen molar-refractivity contribution < 1.29 is 18.4 Å². The van der Waals surface area contributed by atoms with Gasteiger partial charge in [0, 0.05) is 31.2 Å². The molecule has 0 atom stereocenters. The molecule has 0 spiro atoms. The molecule has 2 heterocycles. The van der Waals surface area contributed by atoms with Crippen LogP contribution in [0.2, 0.25) is 0 Å². The molecule has 1 N–H and O–H groups in total. The number of halogens is 1. The Bertz CT molecular complexity index is 1030. The Kier molecular flexibility index (Phi) is 7.26. The number of aromatic nitrogens is 1. The summed E-state index contributed by atoms with van der Waals surface area (Å²) >= 11 is 0. The first-order chi connectivity index (χ1) is 15.0. The Morgan fingerprint density at radius 1 is 1.16 bits per heavy atom. The van der Waals surface area contributed by atoms with Crippen LogP contribution in [-0.4, -0.2) is 39.4 Å². The number of nitrogens with one attached hydrogen (secondary N) is 1. The molecule has 0 aliphatic heterocycles. The van der Waals surface area contributed by atoms with Gasteiger partial charge in [-0.15, -0.1) is 6.58 Å². The fourth-order valence-corrected chi connectivity index (χ4v) is 3.09. The summed E-state index contributed by atoms with van der Waals surface area (Å²) in [5.74, 6) is -0.0766. The molecule has 0 saturated carbocycles. The van der Waals surface area contributed by atoms with Gasteiger partial charge in [0.15, 0.2) is 0 Å². The van der Waals surface area contributed by atoms with Crippen LogP contribution in [0.15, 0.2) is 78.1 Å². The molecule has 162 valence electrons. The predicted octanol–water partition coefficient (Wildman–Crippen LogP) is 4.01. The monoisotopic (exact) mass is 424 g/mol. The summed E-state index contributed by atoms with van der Waals surface area (Å²) < 4.78 is 20.8. The molecule has 31 heavy (non-hydrogen) atoms. The average Bonchev–Trinajstić information content (AvgIpc) is 3.39. The summed E-state index contributed by atoms with van der Waals surface area (Å²) in [6, 6.07) is 12.5. The maximum absolute atomic E-state index is 13.4. The average molecular weight is 424 g/mol. The summed E-state index contributed by atoms with van der Waals surface area (Å²) in [4.78, 5) is 28.8. The lowest BCUT2D eigenvalue weighted by atomic mass is 10.3. The number of hydrogen-bond donors (Lipinski definition) is 1. The molecule has 2 aromatic heterocycles. The van der Waals surface area contributed by atoms with E-state index >= 15 is 0 Å². The van der Waals surface area contributed by atoms with Gasteiger partial charge >= 0.3 is 6.03 Å². The zero-order chi connectivity index (χ0) is 22.2. The predicted molar refractivity (Wildman–Crippen MR) is 116 cm³/mol. The number of anilines is 1. The van der Waals surface area contributed by atoms with Crippen LogP contribution in [0.5, 0.6) is 0 Å². The Morgan fingerprint density at radius 2 is 2.00 bits per heavy atom. The van der Waals surface area contributed by atoms with Crippen molar-refractivity contribution in [2.75, 3.05) is 18.4 Å². The van der Waals surface area contributed by atoms with E-state index in [0.29, 0.717) is 18.0 Å². The lowest BCUT2D eigenvalue weighted by Gasteiger charge is -2.27. The van der Waals surface area contributed by atoms with E-state index in [0.717, 1.165) is 5.69 Å². The number of urea groups is 1. The second-order valence-corrected chi connectivity index (χ2v) is 7.05. The van der Waals surface area contributed by atoms with Crippen molar-refractivity contribution in [3.63, 3.8) is 0 Å². The highest BCUT2D eigenvalue weighted by molar-refractivity contribution is 5.92. The minimum atomic E-state index is -0.518. The number of furan rings is 1. The summed E-state index contributed by atoms with van der Waals surface area (Å²) in [6.07, 6.45) is 4.99. The van der Waals surface area contributed by atoms with E-state index in [1.165, 1.54) is 29.2 Å². The van der Waals surface area contributed by atoms with Crippen LogP contribution in [0.1, 0.15) is 11.5 Å². The molecule has 0 radical (unpaired) electrons. The van der Waals surface area contributed by atoms with Crippen LogP contribution in [0.25, 0.3) is 0 Å². The largest absolute Gasteiger partial charge is 0.467 e. The summed E-state index contributed by atoms with van der Waals surface area (Å²) in [7, 11) is 1.90. The van der Waals surface area contributed by atoms with Crippen LogP contribution < -0.4 is 5.32 Å². The summed E-state index contributed by atoms with van der Waals surface area (Å²) in [5, 5.41) is 2.62. The minimum absolute atomic E-state index is 0.158. The van der Waals surface area contributed by atoms with Crippen molar-refractivity contribution in [1.29, 1.82) is 0 Å².